The molecular weight excluding hydrogens is 410 g/mol. The van der Waals surface area contributed by atoms with E-state index in [0.717, 1.165) is 53.6 Å². The van der Waals surface area contributed by atoms with Crippen molar-refractivity contribution in [3.05, 3.63) is 77.9 Å². The van der Waals surface area contributed by atoms with Gasteiger partial charge in [0.1, 0.15) is 6.10 Å². The van der Waals surface area contributed by atoms with Gasteiger partial charge in [-0.25, -0.2) is 4.98 Å². The van der Waals surface area contributed by atoms with Crippen LogP contribution in [0.4, 0.5) is 11.6 Å². The van der Waals surface area contributed by atoms with Crippen molar-refractivity contribution in [1.82, 2.24) is 15.3 Å². The van der Waals surface area contributed by atoms with Crippen molar-refractivity contribution in [1.29, 1.82) is 5.26 Å². The highest BCUT2D eigenvalue weighted by Gasteiger charge is 2.18. The van der Waals surface area contributed by atoms with Gasteiger partial charge in [0.25, 0.3) is 0 Å². The van der Waals surface area contributed by atoms with Crippen LogP contribution in [0, 0.1) is 18.3 Å². The first-order valence-electron chi connectivity index (χ1n) is 11.2. The molecule has 1 aliphatic heterocycles. The average molecular weight is 436 g/mol. The van der Waals surface area contributed by atoms with Gasteiger partial charge in [0.15, 0.2) is 0 Å². The molecule has 3 aromatic carbocycles. The van der Waals surface area contributed by atoms with Crippen LogP contribution in [0.15, 0.2) is 66.7 Å². The van der Waals surface area contributed by atoms with E-state index in [-0.39, 0.29) is 6.10 Å². The standard InChI is InChI=1S/C27H25N5O/c1-18-4-11-22(12-5-18)30-27-31-25-15-21(20-8-6-19(16-28)7-9-20)10-13-24(25)26(32-27)33-23-3-2-14-29-17-23/h4-13,15,23,29H,2-3,14,17H2,1H3,(H,30,31,32)/t23-/m0/s1. The molecule has 0 aliphatic carbocycles. The molecule has 164 valence electrons. The Morgan fingerprint density at radius 2 is 1.79 bits per heavy atom. The maximum Gasteiger partial charge on any atom is 0.231 e. The number of aromatic nitrogens is 2. The second kappa shape index (κ2) is 9.27. The maximum atomic E-state index is 9.08. The fourth-order valence-corrected chi connectivity index (χ4v) is 4.01. The van der Waals surface area contributed by atoms with Crippen molar-refractivity contribution in [2.45, 2.75) is 25.9 Å². The Morgan fingerprint density at radius 3 is 2.52 bits per heavy atom. The molecule has 1 fully saturated rings. The van der Waals surface area contributed by atoms with Crippen molar-refractivity contribution in [3.8, 4) is 23.1 Å². The molecule has 1 saturated heterocycles. The van der Waals surface area contributed by atoms with Gasteiger partial charge in [-0.1, -0.05) is 35.9 Å². The van der Waals surface area contributed by atoms with Gasteiger partial charge in [-0.15, -0.1) is 0 Å². The zero-order valence-electron chi connectivity index (χ0n) is 18.5. The third kappa shape index (κ3) is 4.79. The van der Waals surface area contributed by atoms with Crippen molar-refractivity contribution >= 4 is 22.5 Å². The molecule has 0 unspecified atom stereocenters. The first-order valence-corrected chi connectivity index (χ1v) is 11.2. The highest BCUT2D eigenvalue weighted by molar-refractivity contribution is 5.89. The molecule has 0 radical (unpaired) electrons. The van der Waals surface area contributed by atoms with Gasteiger partial charge in [0.05, 0.1) is 22.5 Å². The predicted octanol–water partition coefficient (Wildman–Crippen LogP) is 5.35. The summed E-state index contributed by atoms with van der Waals surface area (Å²) in [6.07, 6.45) is 2.18. The van der Waals surface area contributed by atoms with Crippen LogP contribution in [-0.2, 0) is 0 Å². The molecule has 5 rings (SSSR count). The molecule has 1 aromatic heterocycles. The van der Waals surface area contributed by atoms with Crippen molar-refractivity contribution < 1.29 is 4.74 Å². The van der Waals surface area contributed by atoms with E-state index >= 15 is 0 Å². The van der Waals surface area contributed by atoms with Crippen LogP contribution in [0.1, 0.15) is 24.0 Å². The molecule has 33 heavy (non-hydrogen) atoms. The second-order valence-corrected chi connectivity index (χ2v) is 8.35. The summed E-state index contributed by atoms with van der Waals surface area (Å²) in [6, 6.07) is 24.0. The first kappa shape index (κ1) is 20.9. The average Bonchev–Trinajstić information content (AvgIpc) is 2.86. The molecule has 0 saturated carbocycles. The lowest BCUT2D eigenvalue weighted by molar-refractivity contribution is 0.163. The third-order valence-electron chi connectivity index (χ3n) is 5.85. The van der Waals surface area contributed by atoms with Gasteiger partial charge in [0, 0.05) is 12.2 Å². The lowest BCUT2D eigenvalue weighted by Gasteiger charge is -2.24. The third-order valence-corrected chi connectivity index (χ3v) is 5.85. The summed E-state index contributed by atoms with van der Waals surface area (Å²) in [4.78, 5) is 9.53. The van der Waals surface area contributed by atoms with Crippen molar-refractivity contribution in [3.63, 3.8) is 0 Å². The number of ether oxygens (including phenoxy) is 1. The molecule has 0 spiro atoms. The fraction of sp³-hybridized carbons (Fsp3) is 0.222. The van der Waals surface area contributed by atoms with Gasteiger partial charge in [-0.05, 0) is 73.8 Å². The Morgan fingerprint density at radius 1 is 1.00 bits per heavy atom. The molecular formula is C27H25N5O. The number of piperidine rings is 1. The van der Waals surface area contributed by atoms with Gasteiger partial charge in [0.2, 0.25) is 11.8 Å². The van der Waals surface area contributed by atoms with E-state index in [9.17, 15) is 0 Å². The minimum absolute atomic E-state index is 0.0854. The van der Waals surface area contributed by atoms with E-state index in [1.165, 1.54) is 5.56 Å². The summed E-state index contributed by atoms with van der Waals surface area (Å²) in [5, 5.41) is 16.7. The smallest absolute Gasteiger partial charge is 0.231 e. The van der Waals surface area contributed by atoms with Crippen LogP contribution in [0.2, 0.25) is 0 Å². The zero-order chi connectivity index (χ0) is 22.6. The second-order valence-electron chi connectivity index (χ2n) is 8.35. The van der Waals surface area contributed by atoms with E-state index in [1.807, 2.05) is 54.6 Å². The molecule has 0 amide bonds. The van der Waals surface area contributed by atoms with Gasteiger partial charge < -0.3 is 15.4 Å². The number of nitriles is 1. The normalized spacial score (nSPS) is 15.7. The zero-order valence-corrected chi connectivity index (χ0v) is 18.5. The summed E-state index contributed by atoms with van der Waals surface area (Å²) in [7, 11) is 0. The Bertz CT molecular complexity index is 1300. The number of anilines is 2. The Labute approximate surface area is 193 Å². The molecule has 6 nitrogen and oxygen atoms in total. The maximum absolute atomic E-state index is 9.08. The van der Waals surface area contributed by atoms with Crippen LogP contribution in [0.5, 0.6) is 5.88 Å². The quantitative estimate of drug-likeness (QED) is 0.440. The molecule has 6 heteroatoms. The van der Waals surface area contributed by atoms with Crippen molar-refractivity contribution in [2.24, 2.45) is 0 Å². The predicted molar refractivity (Wildman–Crippen MR) is 131 cm³/mol. The number of fused-ring (bicyclic) bond motifs is 1. The Kier molecular flexibility index (Phi) is 5.88. The van der Waals surface area contributed by atoms with Gasteiger partial charge >= 0.3 is 0 Å². The lowest BCUT2D eigenvalue weighted by atomic mass is 10.0. The number of aryl methyl sites for hydroxylation is 1. The largest absolute Gasteiger partial charge is 0.472 e. The fourth-order valence-electron chi connectivity index (χ4n) is 4.01. The number of nitrogens with zero attached hydrogens (tertiary/aromatic N) is 3. The van der Waals surface area contributed by atoms with E-state index < -0.39 is 0 Å². The molecule has 0 bridgehead atoms. The van der Waals surface area contributed by atoms with Crippen LogP contribution < -0.4 is 15.4 Å². The molecule has 1 atom stereocenters. The first-order chi connectivity index (χ1) is 16.2. The summed E-state index contributed by atoms with van der Waals surface area (Å²) >= 11 is 0. The van der Waals surface area contributed by atoms with Gasteiger partial charge in [-0.2, -0.15) is 10.2 Å². The number of benzene rings is 3. The summed E-state index contributed by atoms with van der Waals surface area (Å²) in [5.74, 6) is 1.09. The minimum atomic E-state index is 0.0854. The topological polar surface area (TPSA) is 82.9 Å². The SMILES string of the molecule is Cc1ccc(Nc2nc(O[C@H]3CCCNC3)c3ccc(-c4ccc(C#N)cc4)cc3n2)cc1. The monoisotopic (exact) mass is 435 g/mol. The Hall–Kier alpha value is -3.95. The van der Waals surface area contributed by atoms with Crippen LogP contribution >= 0.6 is 0 Å². The van der Waals surface area contributed by atoms with E-state index in [1.54, 1.807) is 0 Å². The highest BCUT2D eigenvalue weighted by atomic mass is 16.5. The number of hydrogen-bond acceptors (Lipinski definition) is 6. The molecule has 2 N–H and O–H groups in total. The minimum Gasteiger partial charge on any atom is -0.472 e. The van der Waals surface area contributed by atoms with Crippen molar-refractivity contribution in [2.75, 3.05) is 18.4 Å². The van der Waals surface area contributed by atoms with E-state index in [2.05, 4.69) is 35.8 Å². The number of hydrogen-bond donors (Lipinski definition) is 2. The summed E-state index contributed by atoms with van der Waals surface area (Å²) < 4.78 is 6.35. The van der Waals surface area contributed by atoms with Gasteiger partial charge in [-0.3, -0.25) is 0 Å². The van der Waals surface area contributed by atoms with E-state index in [4.69, 9.17) is 20.0 Å². The number of rotatable bonds is 5. The molecule has 1 aliphatic rings. The van der Waals surface area contributed by atoms with Crippen LogP contribution in [-0.4, -0.2) is 29.2 Å². The lowest BCUT2D eigenvalue weighted by Crippen LogP contribution is -2.37. The van der Waals surface area contributed by atoms with Crippen LogP contribution in [0.25, 0.3) is 22.0 Å². The summed E-state index contributed by atoms with van der Waals surface area (Å²) in [6.45, 7) is 3.90. The summed E-state index contributed by atoms with van der Waals surface area (Å²) in [5.41, 5.74) is 5.62. The Balaban J connectivity index is 1.54. The molecule has 2 heterocycles. The van der Waals surface area contributed by atoms with Crippen LogP contribution in [0.3, 0.4) is 0 Å². The van der Waals surface area contributed by atoms with E-state index in [0.29, 0.717) is 17.4 Å². The highest BCUT2D eigenvalue weighted by Crippen LogP contribution is 2.31. The number of nitrogens with one attached hydrogen (secondary N) is 2. The molecule has 4 aromatic rings.